The molecule has 2 N–H and O–H groups in total. The minimum Gasteiger partial charge on any atom is -0.490 e. The molecule has 0 saturated carbocycles. The molecule has 0 bridgehead atoms. The van der Waals surface area contributed by atoms with Crippen molar-refractivity contribution in [2.45, 2.75) is 6.54 Å². The molecule has 110 valence electrons. The van der Waals surface area contributed by atoms with Crippen LogP contribution in [0.2, 0.25) is 0 Å². The second-order valence-corrected chi connectivity index (χ2v) is 4.56. The third-order valence-electron chi connectivity index (χ3n) is 3.10. The Labute approximate surface area is 123 Å². The number of nitrogens with two attached hydrogens (primary N) is 1. The molecule has 1 aliphatic heterocycles. The highest BCUT2D eigenvalue weighted by molar-refractivity contribution is 5.46. The topological polar surface area (TPSA) is 62.9 Å². The van der Waals surface area contributed by atoms with E-state index < -0.39 is 0 Å². The van der Waals surface area contributed by atoms with Gasteiger partial charge in [0.25, 0.3) is 0 Å². The third-order valence-corrected chi connectivity index (χ3v) is 3.10. The predicted molar refractivity (Wildman–Crippen MR) is 77.9 cm³/mol. The first-order valence-corrected chi connectivity index (χ1v) is 6.79. The molecule has 0 aromatic heterocycles. The molecule has 5 heteroatoms. The Morgan fingerprint density at radius 1 is 0.905 bits per heavy atom. The van der Waals surface area contributed by atoms with E-state index in [2.05, 4.69) is 0 Å². The van der Waals surface area contributed by atoms with Crippen molar-refractivity contribution < 1.29 is 18.9 Å². The predicted octanol–water partition coefficient (Wildman–Crippen LogP) is 2.33. The normalized spacial score (nSPS) is 12.2. The lowest BCUT2D eigenvalue weighted by Gasteiger charge is -2.09. The molecule has 1 aliphatic rings. The van der Waals surface area contributed by atoms with Gasteiger partial charge in [-0.15, -0.1) is 0 Å². The van der Waals surface area contributed by atoms with Gasteiger partial charge in [-0.05, 0) is 29.8 Å². The summed E-state index contributed by atoms with van der Waals surface area (Å²) < 4.78 is 21.8. The van der Waals surface area contributed by atoms with Gasteiger partial charge in [-0.1, -0.05) is 12.1 Å². The monoisotopic (exact) mass is 287 g/mol. The van der Waals surface area contributed by atoms with Gasteiger partial charge < -0.3 is 24.7 Å². The lowest BCUT2D eigenvalue weighted by molar-refractivity contribution is 0.173. The number of hydrogen-bond donors (Lipinski definition) is 1. The van der Waals surface area contributed by atoms with Crippen molar-refractivity contribution in [2.75, 3.05) is 20.0 Å². The van der Waals surface area contributed by atoms with Crippen LogP contribution >= 0.6 is 0 Å². The van der Waals surface area contributed by atoms with Gasteiger partial charge in [0.2, 0.25) is 6.79 Å². The summed E-state index contributed by atoms with van der Waals surface area (Å²) in [7, 11) is 0. The van der Waals surface area contributed by atoms with Crippen LogP contribution in [0.1, 0.15) is 5.56 Å². The number of benzene rings is 2. The number of ether oxygens (including phenoxy) is 4. The fraction of sp³-hybridized carbons (Fsp3) is 0.250. The first-order valence-electron chi connectivity index (χ1n) is 6.79. The number of fused-ring (bicyclic) bond motifs is 1. The average Bonchev–Trinajstić information content (AvgIpc) is 2.99. The van der Waals surface area contributed by atoms with Crippen LogP contribution in [-0.2, 0) is 6.54 Å². The zero-order chi connectivity index (χ0) is 14.5. The maximum absolute atomic E-state index is 5.63. The Hall–Kier alpha value is -2.40. The largest absolute Gasteiger partial charge is 0.490 e. The molecule has 1 heterocycles. The summed E-state index contributed by atoms with van der Waals surface area (Å²) in [6.45, 7) is 1.68. The van der Waals surface area contributed by atoms with Gasteiger partial charge in [-0.2, -0.15) is 0 Å². The molecule has 2 aromatic rings. The highest BCUT2D eigenvalue weighted by atomic mass is 16.7. The van der Waals surface area contributed by atoms with E-state index in [4.69, 9.17) is 24.7 Å². The van der Waals surface area contributed by atoms with Crippen LogP contribution in [-0.4, -0.2) is 20.0 Å². The van der Waals surface area contributed by atoms with Crippen molar-refractivity contribution in [1.29, 1.82) is 0 Å². The molecule has 2 aromatic carbocycles. The van der Waals surface area contributed by atoms with E-state index in [1.54, 1.807) is 0 Å². The van der Waals surface area contributed by atoms with Crippen LogP contribution in [0, 0.1) is 0 Å². The molecule has 0 unspecified atom stereocenters. The minimum atomic E-state index is 0.263. The van der Waals surface area contributed by atoms with Gasteiger partial charge in [-0.3, -0.25) is 0 Å². The molecule has 0 amide bonds. The Kier molecular flexibility index (Phi) is 4.12. The van der Waals surface area contributed by atoms with Crippen molar-refractivity contribution in [3.63, 3.8) is 0 Å². The fourth-order valence-corrected chi connectivity index (χ4v) is 2.05. The Morgan fingerprint density at radius 3 is 2.48 bits per heavy atom. The summed E-state index contributed by atoms with van der Waals surface area (Å²) in [5.41, 5.74) is 6.64. The molecule has 3 rings (SSSR count). The Bertz CT molecular complexity index is 615. The maximum Gasteiger partial charge on any atom is 0.231 e. The van der Waals surface area contributed by atoms with Crippen LogP contribution < -0.4 is 24.7 Å². The molecule has 0 fully saturated rings. The number of rotatable bonds is 6. The zero-order valence-electron chi connectivity index (χ0n) is 11.6. The van der Waals surface area contributed by atoms with Crippen LogP contribution in [0.3, 0.4) is 0 Å². The molecule has 0 aliphatic carbocycles. The fourth-order valence-electron chi connectivity index (χ4n) is 2.05. The zero-order valence-corrected chi connectivity index (χ0v) is 11.6. The number of hydrogen-bond acceptors (Lipinski definition) is 5. The van der Waals surface area contributed by atoms with Gasteiger partial charge in [0, 0.05) is 12.6 Å². The van der Waals surface area contributed by atoms with Gasteiger partial charge >= 0.3 is 0 Å². The summed E-state index contributed by atoms with van der Waals surface area (Å²) >= 11 is 0. The highest BCUT2D eigenvalue weighted by Gasteiger charge is 2.13. The van der Waals surface area contributed by atoms with E-state index in [-0.39, 0.29) is 6.79 Å². The lowest BCUT2D eigenvalue weighted by atomic mass is 10.2. The van der Waals surface area contributed by atoms with Crippen LogP contribution in [0.15, 0.2) is 42.5 Å². The van der Waals surface area contributed by atoms with Gasteiger partial charge in [0.05, 0.1) is 0 Å². The average molecular weight is 287 g/mol. The minimum absolute atomic E-state index is 0.263. The molecule has 5 nitrogen and oxygen atoms in total. The highest BCUT2D eigenvalue weighted by Crippen LogP contribution is 2.34. The molecule has 21 heavy (non-hydrogen) atoms. The van der Waals surface area contributed by atoms with Crippen molar-refractivity contribution in [3.8, 4) is 23.0 Å². The molecule has 0 saturated heterocycles. The Morgan fingerprint density at radius 2 is 1.67 bits per heavy atom. The van der Waals surface area contributed by atoms with E-state index in [0.29, 0.717) is 25.5 Å². The van der Waals surface area contributed by atoms with E-state index in [1.165, 1.54) is 0 Å². The van der Waals surface area contributed by atoms with Crippen LogP contribution in [0.25, 0.3) is 0 Å². The summed E-state index contributed by atoms with van der Waals surface area (Å²) in [5, 5.41) is 0. The Balaban J connectivity index is 1.47. The summed E-state index contributed by atoms with van der Waals surface area (Å²) in [4.78, 5) is 0. The smallest absolute Gasteiger partial charge is 0.231 e. The van der Waals surface area contributed by atoms with E-state index in [1.807, 2.05) is 42.5 Å². The third kappa shape index (κ3) is 3.38. The van der Waals surface area contributed by atoms with E-state index in [0.717, 1.165) is 22.8 Å². The van der Waals surface area contributed by atoms with Gasteiger partial charge in [-0.25, -0.2) is 0 Å². The molecule has 0 radical (unpaired) electrons. The van der Waals surface area contributed by atoms with Crippen molar-refractivity contribution in [2.24, 2.45) is 5.73 Å². The maximum atomic E-state index is 5.63. The molecular formula is C16H17NO4. The first kappa shape index (κ1) is 13.6. The quantitative estimate of drug-likeness (QED) is 0.826. The summed E-state index contributed by atoms with van der Waals surface area (Å²) in [5.74, 6) is 2.99. The molecule has 0 spiro atoms. The second-order valence-electron chi connectivity index (χ2n) is 4.56. The summed E-state index contributed by atoms with van der Waals surface area (Å²) in [6.07, 6.45) is 0. The van der Waals surface area contributed by atoms with Gasteiger partial charge in [0.1, 0.15) is 24.7 Å². The van der Waals surface area contributed by atoms with Crippen molar-refractivity contribution >= 4 is 0 Å². The summed E-state index contributed by atoms with van der Waals surface area (Å²) in [6, 6.07) is 13.2. The van der Waals surface area contributed by atoms with Crippen LogP contribution in [0.5, 0.6) is 23.0 Å². The lowest BCUT2D eigenvalue weighted by Crippen LogP contribution is -2.09. The van der Waals surface area contributed by atoms with Crippen LogP contribution in [0.4, 0.5) is 0 Å². The standard InChI is InChI=1S/C16H17NO4/c17-10-12-2-1-3-13(8-12)18-6-7-19-14-4-5-15-16(9-14)21-11-20-15/h1-5,8-9H,6-7,10-11,17H2. The first-order chi connectivity index (χ1) is 10.3. The molecule has 0 atom stereocenters. The SMILES string of the molecule is NCc1cccc(OCCOc2ccc3c(c2)OCO3)c1. The molecular weight excluding hydrogens is 270 g/mol. The van der Waals surface area contributed by atoms with E-state index >= 15 is 0 Å². The van der Waals surface area contributed by atoms with E-state index in [9.17, 15) is 0 Å². The van der Waals surface area contributed by atoms with Gasteiger partial charge in [0.15, 0.2) is 11.5 Å². The second kappa shape index (κ2) is 6.37. The van der Waals surface area contributed by atoms with Crippen molar-refractivity contribution in [3.05, 3.63) is 48.0 Å². The van der Waals surface area contributed by atoms with Crippen molar-refractivity contribution in [1.82, 2.24) is 0 Å².